The van der Waals surface area contributed by atoms with Crippen molar-refractivity contribution in [3.8, 4) is 5.75 Å². The Bertz CT molecular complexity index is 417. The second-order valence-electron chi connectivity index (χ2n) is 4.68. The van der Waals surface area contributed by atoms with Crippen LogP contribution in [0.1, 0.15) is 37.8 Å². The molecule has 0 radical (unpaired) electrons. The molecule has 98 valence electrons. The van der Waals surface area contributed by atoms with Gasteiger partial charge in [-0.15, -0.1) is 0 Å². The summed E-state index contributed by atoms with van der Waals surface area (Å²) in [6.07, 6.45) is 1.21. The van der Waals surface area contributed by atoms with Gasteiger partial charge < -0.3 is 15.2 Å². The average molecular weight is 249 g/mol. The second kappa shape index (κ2) is 5.87. The molecule has 0 aromatic heterocycles. The topological polar surface area (TPSA) is 58.6 Å². The Kier molecular flexibility index (Phi) is 4.20. The summed E-state index contributed by atoms with van der Waals surface area (Å²) in [5.74, 6) is 0.835. The molecule has 2 rings (SSSR count). The van der Waals surface area contributed by atoms with Gasteiger partial charge in [0, 0.05) is 18.4 Å². The Morgan fingerprint density at radius 3 is 3.11 bits per heavy atom. The van der Waals surface area contributed by atoms with Gasteiger partial charge in [-0.3, -0.25) is 4.79 Å². The number of hydrogen-bond acceptors (Lipinski definition) is 3. The lowest BCUT2D eigenvalue weighted by atomic mass is 10.0. The summed E-state index contributed by atoms with van der Waals surface area (Å²) >= 11 is 0. The van der Waals surface area contributed by atoms with Crippen molar-refractivity contribution in [3.63, 3.8) is 0 Å². The minimum absolute atomic E-state index is 0.0161. The Hall–Kier alpha value is -1.55. The second-order valence-corrected chi connectivity index (χ2v) is 4.68. The highest BCUT2D eigenvalue weighted by Crippen LogP contribution is 2.31. The van der Waals surface area contributed by atoms with Gasteiger partial charge in [0.05, 0.1) is 18.8 Å². The lowest BCUT2D eigenvalue weighted by molar-refractivity contribution is -0.122. The smallest absolute Gasteiger partial charge is 0.220 e. The van der Waals surface area contributed by atoms with Crippen LogP contribution >= 0.6 is 0 Å². The van der Waals surface area contributed by atoms with E-state index in [4.69, 9.17) is 9.84 Å². The molecule has 0 fully saturated rings. The number of nitrogens with one attached hydrogen (secondary N) is 1. The first kappa shape index (κ1) is 12.9. The first-order valence-electron chi connectivity index (χ1n) is 6.36. The highest BCUT2D eigenvalue weighted by molar-refractivity contribution is 5.76. The van der Waals surface area contributed by atoms with E-state index >= 15 is 0 Å². The SMILES string of the molecule is CC(O)CCC(=O)NC1CCOc2ccccc21. The maximum Gasteiger partial charge on any atom is 0.220 e. The van der Waals surface area contributed by atoms with Gasteiger partial charge in [-0.1, -0.05) is 18.2 Å². The van der Waals surface area contributed by atoms with Gasteiger partial charge in [0.2, 0.25) is 5.91 Å². The van der Waals surface area contributed by atoms with Crippen molar-refractivity contribution in [1.82, 2.24) is 5.32 Å². The van der Waals surface area contributed by atoms with E-state index in [2.05, 4.69) is 5.32 Å². The molecule has 0 aliphatic carbocycles. The zero-order chi connectivity index (χ0) is 13.0. The average Bonchev–Trinajstić information content (AvgIpc) is 2.37. The van der Waals surface area contributed by atoms with Crippen molar-refractivity contribution in [3.05, 3.63) is 29.8 Å². The number of carbonyl (C=O) groups is 1. The third-order valence-electron chi connectivity index (χ3n) is 3.08. The molecule has 4 nitrogen and oxygen atoms in total. The van der Waals surface area contributed by atoms with Crippen molar-refractivity contribution < 1.29 is 14.6 Å². The zero-order valence-corrected chi connectivity index (χ0v) is 10.6. The number of ether oxygens (including phenoxy) is 1. The summed E-state index contributed by atoms with van der Waals surface area (Å²) in [5, 5.41) is 12.2. The number of benzene rings is 1. The molecule has 2 atom stereocenters. The Morgan fingerprint density at radius 2 is 2.33 bits per heavy atom. The van der Waals surface area contributed by atoms with E-state index in [9.17, 15) is 4.79 Å². The van der Waals surface area contributed by atoms with E-state index in [1.165, 1.54) is 0 Å². The summed E-state index contributed by atoms with van der Waals surface area (Å²) in [4.78, 5) is 11.8. The van der Waals surface area contributed by atoms with Gasteiger partial charge in [0.1, 0.15) is 5.75 Å². The van der Waals surface area contributed by atoms with Crippen molar-refractivity contribution in [1.29, 1.82) is 0 Å². The van der Waals surface area contributed by atoms with E-state index in [1.54, 1.807) is 6.92 Å². The van der Waals surface area contributed by atoms with Crippen LogP contribution < -0.4 is 10.1 Å². The lowest BCUT2D eigenvalue weighted by Gasteiger charge is -2.26. The molecule has 1 aromatic rings. The van der Waals surface area contributed by atoms with E-state index in [0.29, 0.717) is 19.4 Å². The number of amides is 1. The molecule has 0 saturated carbocycles. The Balaban J connectivity index is 1.96. The highest BCUT2D eigenvalue weighted by atomic mass is 16.5. The number of rotatable bonds is 4. The molecule has 1 aliphatic rings. The first-order valence-corrected chi connectivity index (χ1v) is 6.36. The van der Waals surface area contributed by atoms with Gasteiger partial charge in [-0.05, 0) is 19.4 Å². The number of para-hydroxylation sites is 1. The fraction of sp³-hybridized carbons (Fsp3) is 0.500. The van der Waals surface area contributed by atoms with Gasteiger partial charge in [0.15, 0.2) is 0 Å². The first-order chi connectivity index (χ1) is 8.66. The molecule has 1 amide bonds. The maximum absolute atomic E-state index is 11.8. The van der Waals surface area contributed by atoms with Crippen LogP contribution in [0.15, 0.2) is 24.3 Å². The molecule has 0 saturated heterocycles. The summed E-state index contributed by atoms with van der Waals surface area (Å²) in [7, 11) is 0. The summed E-state index contributed by atoms with van der Waals surface area (Å²) < 4.78 is 5.54. The standard InChI is InChI=1S/C14H19NO3/c1-10(16)6-7-14(17)15-12-8-9-18-13-5-3-2-4-11(12)13/h2-5,10,12,16H,6-9H2,1H3,(H,15,17). The van der Waals surface area contributed by atoms with Crippen molar-refractivity contribution >= 4 is 5.91 Å². The normalized spacial score (nSPS) is 19.6. The number of aliphatic hydroxyl groups excluding tert-OH is 1. The van der Waals surface area contributed by atoms with Gasteiger partial charge >= 0.3 is 0 Å². The van der Waals surface area contributed by atoms with Crippen LogP contribution in [-0.2, 0) is 4.79 Å². The van der Waals surface area contributed by atoms with Crippen LogP contribution in [0.4, 0.5) is 0 Å². The summed E-state index contributed by atoms with van der Waals surface area (Å²) in [6, 6.07) is 7.80. The summed E-state index contributed by atoms with van der Waals surface area (Å²) in [5.41, 5.74) is 1.04. The molecule has 18 heavy (non-hydrogen) atoms. The predicted molar refractivity (Wildman–Crippen MR) is 68.4 cm³/mol. The Morgan fingerprint density at radius 1 is 1.56 bits per heavy atom. The van der Waals surface area contributed by atoms with Crippen LogP contribution in [0, 0.1) is 0 Å². The molecular formula is C14H19NO3. The molecule has 2 unspecified atom stereocenters. The van der Waals surface area contributed by atoms with Gasteiger partial charge in [-0.25, -0.2) is 0 Å². The van der Waals surface area contributed by atoms with Crippen LogP contribution in [0.25, 0.3) is 0 Å². The number of aliphatic hydroxyl groups is 1. The predicted octanol–water partition coefficient (Wildman–Crippen LogP) is 1.79. The quantitative estimate of drug-likeness (QED) is 0.855. The monoisotopic (exact) mass is 249 g/mol. The van der Waals surface area contributed by atoms with Crippen LogP contribution in [0.3, 0.4) is 0 Å². The molecule has 0 spiro atoms. The van der Waals surface area contributed by atoms with Crippen LogP contribution in [-0.4, -0.2) is 23.7 Å². The number of hydrogen-bond donors (Lipinski definition) is 2. The van der Waals surface area contributed by atoms with E-state index in [1.807, 2.05) is 24.3 Å². The van der Waals surface area contributed by atoms with Gasteiger partial charge in [0.25, 0.3) is 0 Å². The third-order valence-corrected chi connectivity index (χ3v) is 3.08. The van der Waals surface area contributed by atoms with Crippen molar-refractivity contribution in [2.45, 2.75) is 38.3 Å². The fourth-order valence-electron chi connectivity index (χ4n) is 2.10. The molecule has 1 aliphatic heterocycles. The van der Waals surface area contributed by atoms with E-state index in [0.717, 1.165) is 17.7 Å². The minimum atomic E-state index is -0.433. The third kappa shape index (κ3) is 3.23. The number of fused-ring (bicyclic) bond motifs is 1. The van der Waals surface area contributed by atoms with Crippen molar-refractivity contribution in [2.75, 3.05) is 6.61 Å². The fourth-order valence-corrected chi connectivity index (χ4v) is 2.10. The Labute approximate surface area is 107 Å². The molecule has 1 heterocycles. The minimum Gasteiger partial charge on any atom is -0.493 e. The molecule has 0 bridgehead atoms. The van der Waals surface area contributed by atoms with Crippen LogP contribution in [0.5, 0.6) is 5.75 Å². The zero-order valence-electron chi connectivity index (χ0n) is 10.6. The van der Waals surface area contributed by atoms with Crippen LogP contribution in [0.2, 0.25) is 0 Å². The largest absolute Gasteiger partial charge is 0.493 e. The van der Waals surface area contributed by atoms with E-state index in [-0.39, 0.29) is 11.9 Å². The maximum atomic E-state index is 11.8. The number of carbonyl (C=O) groups excluding carboxylic acids is 1. The highest BCUT2D eigenvalue weighted by Gasteiger charge is 2.22. The van der Waals surface area contributed by atoms with Gasteiger partial charge in [-0.2, -0.15) is 0 Å². The van der Waals surface area contributed by atoms with E-state index < -0.39 is 6.10 Å². The molecular weight excluding hydrogens is 230 g/mol. The van der Waals surface area contributed by atoms with Crippen molar-refractivity contribution in [2.24, 2.45) is 0 Å². The molecule has 1 aromatic carbocycles. The summed E-state index contributed by atoms with van der Waals surface area (Å²) in [6.45, 7) is 2.31. The molecule has 2 N–H and O–H groups in total. The lowest BCUT2D eigenvalue weighted by Crippen LogP contribution is -2.32. The molecule has 4 heteroatoms.